The third-order valence-electron chi connectivity index (χ3n) is 2.94. The van der Waals surface area contributed by atoms with Gasteiger partial charge in [0.05, 0.1) is 10.2 Å². The molecule has 1 amide bonds. The molecule has 1 aliphatic rings. The highest BCUT2D eigenvalue weighted by molar-refractivity contribution is 7.22. The van der Waals surface area contributed by atoms with Crippen LogP contribution >= 0.6 is 11.3 Å². The molecule has 98 valence electrons. The van der Waals surface area contributed by atoms with Crippen molar-refractivity contribution < 1.29 is 4.79 Å². The number of nitrogens with one attached hydrogen (secondary N) is 1. The van der Waals surface area contributed by atoms with E-state index in [9.17, 15) is 4.79 Å². The summed E-state index contributed by atoms with van der Waals surface area (Å²) in [4.78, 5) is 20.0. The maximum Gasteiger partial charge on any atom is 0.226 e. The molecule has 1 heterocycles. The summed E-state index contributed by atoms with van der Waals surface area (Å²) in [7, 11) is 0. The number of nitrogens with zero attached hydrogens (tertiary/aromatic N) is 2. The van der Waals surface area contributed by atoms with E-state index < -0.39 is 0 Å². The van der Waals surface area contributed by atoms with E-state index in [1.165, 1.54) is 11.3 Å². The summed E-state index contributed by atoms with van der Waals surface area (Å²) >= 11 is 1.45. The summed E-state index contributed by atoms with van der Waals surface area (Å²) in [5.74, 6) is 0.588. The molecule has 3 N–H and O–H groups in total. The molecule has 1 aromatic carbocycles. The molecule has 0 radical (unpaired) electrons. The highest BCUT2D eigenvalue weighted by Crippen LogP contribution is 2.32. The molecule has 1 aliphatic carbocycles. The first-order chi connectivity index (χ1) is 9.20. The zero-order chi connectivity index (χ0) is 13.2. The number of aliphatic imine (C=N–C) groups is 1. The predicted molar refractivity (Wildman–Crippen MR) is 76.4 cm³/mol. The normalized spacial score (nSPS) is 15.7. The van der Waals surface area contributed by atoms with Gasteiger partial charge in [0.15, 0.2) is 0 Å². The Morgan fingerprint density at radius 3 is 3.00 bits per heavy atom. The lowest BCUT2D eigenvalue weighted by molar-refractivity contribution is -0.120. The van der Waals surface area contributed by atoms with Crippen LogP contribution in [0, 0.1) is 5.92 Å². The second-order valence-electron chi connectivity index (χ2n) is 4.66. The molecule has 0 unspecified atom stereocenters. The smallest absolute Gasteiger partial charge is 0.226 e. The number of para-hydroxylation sites is 1. The van der Waals surface area contributed by atoms with Crippen LogP contribution in [-0.4, -0.2) is 16.9 Å². The lowest BCUT2D eigenvalue weighted by Gasteiger charge is -2.01. The maximum atomic E-state index is 11.6. The number of thiazole rings is 1. The molecule has 1 fully saturated rings. The van der Waals surface area contributed by atoms with Crippen LogP contribution in [0.1, 0.15) is 19.3 Å². The largest absolute Gasteiger partial charge is 0.369 e. The van der Waals surface area contributed by atoms with Crippen molar-refractivity contribution in [1.29, 1.82) is 0 Å². The minimum absolute atomic E-state index is 0.0649. The second kappa shape index (κ2) is 4.97. The lowest BCUT2D eigenvalue weighted by atomic mass is 10.3. The Labute approximate surface area is 114 Å². The highest BCUT2D eigenvalue weighted by atomic mass is 32.1. The van der Waals surface area contributed by atoms with E-state index in [0.717, 1.165) is 23.1 Å². The standard InChI is InChI=1S/C13H14N4OS/c14-12(16-11(18)7-8-5-6-8)17-13-15-9-3-1-2-4-10(9)19-13/h1-4,8H,5-7H2,(H3,14,15,16,17,18). The summed E-state index contributed by atoms with van der Waals surface area (Å²) < 4.78 is 1.05. The van der Waals surface area contributed by atoms with Crippen LogP contribution in [-0.2, 0) is 4.79 Å². The number of rotatable bonds is 3. The van der Waals surface area contributed by atoms with Gasteiger partial charge < -0.3 is 5.73 Å². The fraction of sp³-hybridized carbons (Fsp3) is 0.308. The molecule has 3 rings (SSSR count). The topological polar surface area (TPSA) is 80.4 Å². The average molecular weight is 274 g/mol. The van der Waals surface area contributed by atoms with Crippen molar-refractivity contribution in [1.82, 2.24) is 10.3 Å². The van der Waals surface area contributed by atoms with E-state index in [1.54, 1.807) is 0 Å². The first kappa shape index (κ1) is 12.1. The Bertz CT molecular complexity index is 612. The molecule has 0 spiro atoms. The first-order valence-corrected chi connectivity index (χ1v) is 7.02. The maximum absolute atomic E-state index is 11.6. The van der Waals surface area contributed by atoms with Crippen LogP contribution in [0.25, 0.3) is 10.2 Å². The van der Waals surface area contributed by atoms with E-state index in [-0.39, 0.29) is 11.9 Å². The Morgan fingerprint density at radius 2 is 2.26 bits per heavy atom. The summed E-state index contributed by atoms with van der Waals surface area (Å²) in [6.07, 6.45) is 2.82. The van der Waals surface area contributed by atoms with Crippen LogP contribution < -0.4 is 11.1 Å². The van der Waals surface area contributed by atoms with Gasteiger partial charge >= 0.3 is 0 Å². The van der Waals surface area contributed by atoms with Gasteiger partial charge in [-0.15, -0.1) is 0 Å². The molecule has 2 aromatic rings. The fourth-order valence-electron chi connectivity index (χ4n) is 1.82. The number of hydrogen-bond acceptors (Lipinski definition) is 4. The summed E-state index contributed by atoms with van der Waals surface area (Å²) in [5.41, 5.74) is 6.60. The zero-order valence-corrected chi connectivity index (χ0v) is 11.1. The Hall–Kier alpha value is -1.95. The van der Waals surface area contributed by atoms with Gasteiger partial charge in [-0.2, -0.15) is 4.99 Å². The number of fused-ring (bicyclic) bond motifs is 1. The number of guanidine groups is 1. The van der Waals surface area contributed by atoms with Crippen LogP contribution in [0.15, 0.2) is 29.3 Å². The van der Waals surface area contributed by atoms with Crippen molar-refractivity contribution in [3.63, 3.8) is 0 Å². The van der Waals surface area contributed by atoms with E-state index in [1.807, 2.05) is 24.3 Å². The second-order valence-corrected chi connectivity index (χ2v) is 5.67. The third kappa shape index (κ3) is 3.08. The van der Waals surface area contributed by atoms with Crippen molar-refractivity contribution in [2.24, 2.45) is 16.6 Å². The number of carbonyl (C=O) groups excluding carboxylic acids is 1. The molecule has 6 heteroatoms. The van der Waals surface area contributed by atoms with Gasteiger partial charge in [-0.05, 0) is 30.9 Å². The van der Waals surface area contributed by atoms with Gasteiger partial charge in [0.1, 0.15) is 0 Å². The quantitative estimate of drug-likeness (QED) is 0.665. The summed E-state index contributed by atoms with van der Waals surface area (Å²) in [6, 6.07) is 7.78. The van der Waals surface area contributed by atoms with Gasteiger partial charge in [0.2, 0.25) is 17.0 Å². The SMILES string of the molecule is NC(=Nc1nc2ccccc2s1)NC(=O)CC1CC1. The van der Waals surface area contributed by atoms with Crippen LogP contribution in [0.3, 0.4) is 0 Å². The number of carbonyl (C=O) groups is 1. The van der Waals surface area contributed by atoms with Gasteiger partial charge in [-0.1, -0.05) is 23.5 Å². The minimum Gasteiger partial charge on any atom is -0.369 e. The van der Waals surface area contributed by atoms with Crippen molar-refractivity contribution in [3.8, 4) is 0 Å². The van der Waals surface area contributed by atoms with Crippen LogP contribution in [0.4, 0.5) is 5.13 Å². The Balaban J connectivity index is 1.70. The van der Waals surface area contributed by atoms with E-state index in [0.29, 0.717) is 17.5 Å². The zero-order valence-electron chi connectivity index (χ0n) is 10.3. The Kier molecular flexibility index (Phi) is 3.16. The van der Waals surface area contributed by atoms with Crippen molar-refractivity contribution in [2.75, 3.05) is 0 Å². The average Bonchev–Trinajstić information content (AvgIpc) is 3.06. The monoisotopic (exact) mass is 274 g/mol. The van der Waals surface area contributed by atoms with Gasteiger partial charge in [0.25, 0.3) is 0 Å². The number of hydrogen-bond donors (Lipinski definition) is 2. The van der Waals surface area contributed by atoms with Gasteiger partial charge in [0, 0.05) is 6.42 Å². The van der Waals surface area contributed by atoms with Crippen LogP contribution in [0.5, 0.6) is 0 Å². The molecule has 1 aromatic heterocycles. The molecule has 5 nitrogen and oxygen atoms in total. The molecular formula is C13H14N4OS. The van der Waals surface area contributed by atoms with E-state index in [4.69, 9.17) is 5.73 Å². The van der Waals surface area contributed by atoms with E-state index >= 15 is 0 Å². The molecule has 1 saturated carbocycles. The van der Waals surface area contributed by atoms with Crippen molar-refractivity contribution >= 4 is 38.6 Å². The molecule has 0 saturated heterocycles. The van der Waals surface area contributed by atoms with Gasteiger partial charge in [-0.3, -0.25) is 10.1 Å². The van der Waals surface area contributed by atoms with Crippen molar-refractivity contribution in [2.45, 2.75) is 19.3 Å². The number of amides is 1. The molecule has 0 bridgehead atoms. The highest BCUT2D eigenvalue weighted by Gasteiger charge is 2.24. The lowest BCUT2D eigenvalue weighted by Crippen LogP contribution is -2.36. The number of aromatic nitrogens is 1. The molecule has 0 atom stereocenters. The predicted octanol–water partition coefficient (Wildman–Crippen LogP) is 2.16. The summed E-state index contributed by atoms with van der Waals surface area (Å²) in [6.45, 7) is 0. The van der Waals surface area contributed by atoms with E-state index in [2.05, 4.69) is 15.3 Å². The molecule has 0 aliphatic heterocycles. The summed E-state index contributed by atoms with van der Waals surface area (Å²) in [5, 5.41) is 3.16. The first-order valence-electron chi connectivity index (χ1n) is 6.20. The molecular weight excluding hydrogens is 260 g/mol. The minimum atomic E-state index is -0.0649. The van der Waals surface area contributed by atoms with Gasteiger partial charge in [-0.25, -0.2) is 4.98 Å². The van der Waals surface area contributed by atoms with Crippen LogP contribution in [0.2, 0.25) is 0 Å². The fourth-order valence-corrected chi connectivity index (χ4v) is 2.67. The van der Waals surface area contributed by atoms with Crippen molar-refractivity contribution in [3.05, 3.63) is 24.3 Å². The molecule has 19 heavy (non-hydrogen) atoms. The number of nitrogens with two attached hydrogens (primary N) is 1. The Morgan fingerprint density at radius 1 is 1.47 bits per heavy atom. The number of benzene rings is 1. The third-order valence-corrected chi connectivity index (χ3v) is 3.87.